The molecule has 0 saturated heterocycles. The molecule has 0 spiro atoms. The lowest BCUT2D eigenvalue weighted by atomic mass is 9.81. The summed E-state index contributed by atoms with van der Waals surface area (Å²) in [6.07, 6.45) is -1.03. The van der Waals surface area contributed by atoms with Crippen LogP contribution in [0.3, 0.4) is 0 Å². The van der Waals surface area contributed by atoms with Gasteiger partial charge in [0, 0.05) is 12.0 Å². The Morgan fingerprint density at radius 1 is 1.00 bits per heavy atom. The number of ether oxygens (including phenoxy) is 2. The molecule has 0 saturated carbocycles. The average molecular weight is 304 g/mol. The molecule has 0 heterocycles. The van der Waals surface area contributed by atoms with Crippen LogP contribution in [0.4, 0.5) is 0 Å². The summed E-state index contributed by atoms with van der Waals surface area (Å²) in [5, 5.41) is 0. The minimum atomic E-state index is -1.69. The van der Waals surface area contributed by atoms with Crippen LogP contribution in [0.15, 0.2) is 24.3 Å². The minimum Gasteiger partial charge on any atom is -0.462 e. The molecule has 22 heavy (non-hydrogen) atoms. The molecule has 0 N–H and O–H groups in total. The fraction of sp³-hybridized carbons (Fsp3) is 0.471. The zero-order chi connectivity index (χ0) is 16.5. The molecule has 1 aromatic rings. The molecular formula is C17H20O5. The first-order chi connectivity index (χ1) is 10.3. The lowest BCUT2D eigenvalue weighted by Gasteiger charge is -2.27. The molecule has 0 fully saturated rings. The number of ketones is 1. The number of rotatable bonds is 4. The van der Waals surface area contributed by atoms with E-state index in [0.29, 0.717) is 11.1 Å². The van der Waals surface area contributed by atoms with E-state index in [1.807, 2.05) is 0 Å². The number of esters is 2. The predicted octanol–water partition coefficient (Wildman–Crippen LogP) is 2.41. The molecule has 0 unspecified atom stereocenters. The van der Waals surface area contributed by atoms with Gasteiger partial charge in [0.25, 0.3) is 0 Å². The van der Waals surface area contributed by atoms with Gasteiger partial charge in [0.1, 0.15) is 0 Å². The van der Waals surface area contributed by atoms with Gasteiger partial charge in [0.2, 0.25) is 0 Å². The summed E-state index contributed by atoms with van der Waals surface area (Å²) >= 11 is 0. The molecule has 0 aromatic heterocycles. The maximum absolute atomic E-state index is 12.6. The van der Waals surface area contributed by atoms with Crippen LogP contribution in [0.25, 0.3) is 0 Å². The maximum Gasteiger partial charge on any atom is 0.328 e. The number of Topliss-reactive ketones (excluding diaryl/α,β-unsaturated/α-hetero) is 1. The lowest BCUT2D eigenvalue weighted by Crippen LogP contribution is -2.46. The summed E-state index contributed by atoms with van der Waals surface area (Å²) in [4.78, 5) is 37.5. The van der Waals surface area contributed by atoms with Crippen LogP contribution in [-0.2, 0) is 24.5 Å². The molecule has 1 aliphatic carbocycles. The van der Waals surface area contributed by atoms with Crippen molar-refractivity contribution in [2.24, 2.45) is 0 Å². The molecule has 0 aliphatic heterocycles. The third-order valence-electron chi connectivity index (χ3n) is 3.50. The van der Waals surface area contributed by atoms with Crippen molar-refractivity contribution in [2.75, 3.05) is 0 Å². The van der Waals surface area contributed by atoms with Gasteiger partial charge in [-0.2, -0.15) is 0 Å². The van der Waals surface area contributed by atoms with Gasteiger partial charge in [-0.05, 0) is 33.3 Å². The van der Waals surface area contributed by atoms with Crippen LogP contribution < -0.4 is 0 Å². The number of benzene rings is 1. The Balaban J connectivity index is 2.55. The Bertz CT molecular complexity index is 593. The van der Waals surface area contributed by atoms with Crippen LogP contribution >= 0.6 is 0 Å². The second kappa shape index (κ2) is 5.91. The highest BCUT2D eigenvalue weighted by molar-refractivity contribution is 6.18. The van der Waals surface area contributed by atoms with Crippen molar-refractivity contribution in [3.63, 3.8) is 0 Å². The maximum atomic E-state index is 12.6. The summed E-state index contributed by atoms with van der Waals surface area (Å²) in [6.45, 7) is 6.79. The number of hydrogen-bond acceptors (Lipinski definition) is 5. The fourth-order valence-electron chi connectivity index (χ4n) is 2.61. The SMILES string of the molecule is CC(C)OC(=O)C1(C(=O)OC(C)C)CC(=O)c2ccccc21. The van der Waals surface area contributed by atoms with E-state index in [2.05, 4.69) is 0 Å². The molecule has 1 aliphatic rings. The monoisotopic (exact) mass is 304 g/mol. The van der Waals surface area contributed by atoms with Crippen molar-refractivity contribution in [3.05, 3.63) is 35.4 Å². The Morgan fingerprint density at radius 2 is 1.50 bits per heavy atom. The summed E-state index contributed by atoms with van der Waals surface area (Å²) in [5.74, 6) is -1.71. The Labute approximate surface area is 129 Å². The van der Waals surface area contributed by atoms with E-state index in [4.69, 9.17) is 9.47 Å². The minimum absolute atomic E-state index is 0.247. The number of hydrogen-bond donors (Lipinski definition) is 0. The van der Waals surface area contributed by atoms with Crippen molar-refractivity contribution in [2.45, 2.75) is 51.7 Å². The molecule has 5 heteroatoms. The zero-order valence-corrected chi connectivity index (χ0v) is 13.2. The van der Waals surface area contributed by atoms with Crippen molar-refractivity contribution in [1.29, 1.82) is 0 Å². The van der Waals surface area contributed by atoms with Crippen molar-refractivity contribution >= 4 is 17.7 Å². The lowest BCUT2D eigenvalue weighted by molar-refractivity contribution is -0.169. The van der Waals surface area contributed by atoms with Gasteiger partial charge >= 0.3 is 11.9 Å². The van der Waals surface area contributed by atoms with Gasteiger partial charge in [-0.1, -0.05) is 24.3 Å². The van der Waals surface area contributed by atoms with Gasteiger partial charge in [-0.25, -0.2) is 0 Å². The zero-order valence-electron chi connectivity index (χ0n) is 13.2. The van der Waals surface area contributed by atoms with E-state index in [1.54, 1.807) is 52.0 Å². The normalized spacial score (nSPS) is 15.8. The predicted molar refractivity (Wildman–Crippen MR) is 79.5 cm³/mol. The Morgan fingerprint density at radius 3 is 2.00 bits per heavy atom. The second-order valence-corrected chi connectivity index (χ2v) is 5.96. The highest BCUT2D eigenvalue weighted by atomic mass is 16.6. The molecular weight excluding hydrogens is 284 g/mol. The van der Waals surface area contributed by atoms with Gasteiger partial charge in [0.05, 0.1) is 12.2 Å². The number of carbonyl (C=O) groups excluding carboxylic acids is 3. The van der Waals surface area contributed by atoms with E-state index in [9.17, 15) is 14.4 Å². The van der Waals surface area contributed by atoms with Crippen LogP contribution in [0, 0.1) is 0 Å². The van der Waals surface area contributed by atoms with Crippen molar-refractivity contribution in [1.82, 2.24) is 0 Å². The molecule has 2 rings (SSSR count). The van der Waals surface area contributed by atoms with Crippen molar-refractivity contribution < 1.29 is 23.9 Å². The standard InChI is InChI=1S/C17H20O5/c1-10(2)21-15(19)17(16(20)22-11(3)4)9-14(18)12-7-5-6-8-13(12)17/h5-8,10-11H,9H2,1-4H3. The van der Waals surface area contributed by atoms with E-state index in [1.165, 1.54) is 0 Å². The van der Waals surface area contributed by atoms with Gasteiger partial charge in [0.15, 0.2) is 11.2 Å². The van der Waals surface area contributed by atoms with E-state index in [0.717, 1.165) is 0 Å². The van der Waals surface area contributed by atoms with Gasteiger partial charge in [-0.15, -0.1) is 0 Å². The molecule has 0 bridgehead atoms. The molecule has 5 nitrogen and oxygen atoms in total. The summed E-state index contributed by atoms with van der Waals surface area (Å²) in [5.41, 5.74) is -0.942. The highest BCUT2D eigenvalue weighted by Gasteiger charge is 2.57. The van der Waals surface area contributed by atoms with Crippen LogP contribution in [0.5, 0.6) is 0 Å². The first kappa shape index (κ1) is 16.2. The smallest absolute Gasteiger partial charge is 0.328 e. The van der Waals surface area contributed by atoms with E-state index >= 15 is 0 Å². The van der Waals surface area contributed by atoms with Crippen LogP contribution in [0.1, 0.15) is 50.0 Å². The molecule has 118 valence electrons. The quantitative estimate of drug-likeness (QED) is 0.631. The average Bonchev–Trinajstić information content (AvgIpc) is 2.72. The van der Waals surface area contributed by atoms with Crippen LogP contribution in [-0.4, -0.2) is 29.9 Å². The molecule has 0 amide bonds. The summed E-state index contributed by atoms with van der Waals surface area (Å²) in [6, 6.07) is 6.62. The molecule has 0 atom stereocenters. The van der Waals surface area contributed by atoms with Crippen molar-refractivity contribution in [3.8, 4) is 0 Å². The highest BCUT2D eigenvalue weighted by Crippen LogP contribution is 2.41. The van der Waals surface area contributed by atoms with E-state index in [-0.39, 0.29) is 24.4 Å². The van der Waals surface area contributed by atoms with Gasteiger partial charge < -0.3 is 9.47 Å². The largest absolute Gasteiger partial charge is 0.462 e. The topological polar surface area (TPSA) is 69.7 Å². The molecule has 0 radical (unpaired) electrons. The number of fused-ring (bicyclic) bond motifs is 1. The van der Waals surface area contributed by atoms with Crippen LogP contribution in [0.2, 0.25) is 0 Å². The summed E-state index contributed by atoms with van der Waals surface area (Å²) < 4.78 is 10.5. The Hall–Kier alpha value is -2.17. The third kappa shape index (κ3) is 2.63. The van der Waals surface area contributed by atoms with Gasteiger partial charge in [-0.3, -0.25) is 14.4 Å². The molecule has 1 aromatic carbocycles. The number of carbonyl (C=O) groups is 3. The first-order valence-electron chi connectivity index (χ1n) is 7.34. The fourth-order valence-corrected chi connectivity index (χ4v) is 2.61. The van der Waals surface area contributed by atoms with E-state index < -0.39 is 17.4 Å². The second-order valence-electron chi connectivity index (χ2n) is 5.96. The summed E-state index contributed by atoms with van der Waals surface area (Å²) in [7, 11) is 0. The third-order valence-corrected chi connectivity index (χ3v) is 3.50. The first-order valence-corrected chi connectivity index (χ1v) is 7.34. The Kier molecular flexibility index (Phi) is 4.35.